The molecule has 4 nitrogen and oxygen atoms in total. The van der Waals surface area contributed by atoms with Crippen molar-refractivity contribution in [2.24, 2.45) is 5.73 Å². The monoisotopic (exact) mass is 417 g/mol. The van der Waals surface area contributed by atoms with Gasteiger partial charge in [-0.2, -0.15) is 0 Å². The highest BCUT2D eigenvalue weighted by Gasteiger charge is 2.33. The molecule has 1 aliphatic heterocycles. The summed E-state index contributed by atoms with van der Waals surface area (Å²) in [6, 6.07) is 20.3. The van der Waals surface area contributed by atoms with Gasteiger partial charge in [-0.05, 0) is 29.7 Å². The minimum absolute atomic E-state index is 0. The molecule has 1 aromatic heterocycles. The topological polar surface area (TPSA) is 59.2 Å². The summed E-state index contributed by atoms with van der Waals surface area (Å²) in [4.78, 5) is 19.0. The Balaban J connectivity index is 0.00000140. The standard InChI is InChI=1S/C22H23N3O.2ClH/c23-20-15-25(14-19(20)16-6-2-1-3-7-16)22(26)11-10-17-12-13-24-21-9-5-4-8-18(17)21;;/h1-9,12-13,19-20H,10-11,14-15,23H2;2*1H/t19-,20+;;/m0../s1. The number of para-hydroxylation sites is 1. The first-order valence-corrected chi connectivity index (χ1v) is 9.13. The molecule has 1 aliphatic rings. The van der Waals surface area contributed by atoms with Gasteiger partial charge in [-0.1, -0.05) is 48.5 Å². The summed E-state index contributed by atoms with van der Waals surface area (Å²) in [5, 5.41) is 1.13. The number of halogens is 2. The fourth-order valence-corrected chi connectivity index (χ4v) is 3.86. The SMILES string of the molecule is Cl.Cl.N[C@@H]1CN(C(=O)CCc2ccnc3ccccc23)C[C@H]1c1ccccc1. The summed E-state index contributed by atoms with van der Waals surface area (Å²) >= 11 is 0. The zero-order valence-electron chi connectivity index (χ0n) is 15.5. The lowest BCUT2D eigenvalue weighted by molar-refractivity contribution is -0.130. The van der Waals surface area contributed by atoms with Gasteiger partial charge < -0.3 is 10.6 Å². The Labute approximate surface area is 178 Å². The number of nitrogens with zero attached hydrogens (tertiary/aromatic N) is 2. The number of rotatable bonds is 4. The smallest absolute Gasteiger partial charge is 0.222 e. The van der Waals surface area contributed by atoms with Crippen LogP contribution in [0.15, 0.2) is 66.9 Å². The molecule has 0 aliphatic carbocycles. The van der Waals surface area contributed by atoms with Gasteiger partial charge in [0.05, 0.1) is 5.52 Å². The van der Waals surface area contributed by atoms with Crippen LogP contribution in [0.2, 0.25) is 0 Å². The largest absolute Gasteiger partial charge is 0.340 e. The number of aryl methyl sites for hydroxylation is 1. The lowest BCUT2D eigenvalue weighted by Crippen LogP contribution is -2.32. The lowest BCUT2D eigenvalue weighted by atomic mass is 9.95. The molecule has 148 valence electrons. The number of pyridine rings is 1. The van der Waals surface area contributed by atoms with Gasteiger partial charge in [0, 0.05) is 43.1 Å². The van der Waals surface area contributed by atoms with Gasteiger partial charge in [0.25, 0.3) is 0 Å². The van der Waals surface area contributed by atoms with Gasteiger partial charge >= 0.3 is 0 Å². The maximum absolute atomic E-state index is 12.7. The molecule has 1 saturated heterocycles. The average molecular weight is 418 g/mol. The molecule has 2 atom stereocenters. The molecule has 28 heavy (non-hydrogen) atoms. The van der Waals surface area contributed by atoms with E-state index in [0.717, 1.165) is 17.3 Å². The van der Waals surface area contributed by atoms with Crippen molar-refractivity contribution in [2.75, 3.05) is 13.1 Å². The third-order valence-electron chi connectivity index (χ3n) is 5.29. The molecule has 2 heterocycles. The zero-order chi connectivity index (χ0) is 17.9. The van der Waals surface area contributed by atoms with E-state index in [1.165, 1.54) is 11.1 Å². The van der Waals surface area contributed by atoms with Crippen molar-refractivity contribution in [3.05, 3.63) is 78.0 Å². The summed E-state index contributed by atoms with van der Waals surface area (Å²) in [7, 11) is 0. The number of carbonyl (C=O) groups excluding carboxylic acids is 1. The van der Waals surface area contributed by atoms with E-state index in [1.807, 2.05) is 53.6 Å². The number of hydrogen-bond donors (Lipinski definition) is 1. The predicted molar refractivity (Wildman–Crippen MR) is 118 cm³/mol. The molecule has 0 radical (unpaired) electrons. The fourth-order valence-electron chi connectivity index (χ4n) is 3.86. The van der Waals surface area contributed by atoms with Crippen LogP contribution in [0.1, 0.15) is 23.5 Å². The zero-order valence-corrected chi connectivity index (χ0v) is 17.2. The highest BCUT2D eigenvalue weighted by atomic mass is 35.5. The number of aromatic nitrogens is 1. The highest BCUT2D eigenvalue weighted by Crippen LogP contribution is 2.27. The molecule has 4 rings (SSSR count). The Morgan fingerprint density at radius 2 is 1.71 bits per heavy atom. The van der Waals surface area contributed by atoms with Crippen molar-refractivity contribution in [3.63, 3.8) is 0 Å². The van der Waals surface area contributed by atoms with E-state index in [-0.39, 0.29) is 42.7 Å². The summed E-state index contributed by atoms with van der Waals surface area (Å²) in [5.41, 5.74) is 9.69. The van der Waals surface area contributed by atoms with Crippen molar-refractivity contribution in [1.82, 2.24) is 9.88 Å². The molecule has 2 N–H and O–H groups in total. The maximum atomic E-state index is 12.7. The average Bonchev–Trinajstić information content (AvgIpc) is 3.08. The summed E-state index contributed by atoms with van der Waals surface area (Å²) < 4.78 is 0. The Hall–Kier alpha value is -2.14. The second-order valence-electron chi connectivity index (χ2n) is 6.97. The minimum Gasteiger partial charge on any atom is -0.340 e. The summed E-state index contributed by atoms with van der Waals surface area (Å²) in [6.45, 7) is 1.34. The Morgan fingerprint density at radius 1 is 1.00 bits per heavy atom. The van der Waals surface area contributed by atoms with Crippen LogP contribution in [0.25, 0.3) is 10.9 Å². The van der Waals surface area contributed by atoms with Crippen molar-refractivity contribution in [2.45, 2.75) is 24.8 Å². The molecule has 1 amide bonds. The maximum Gasteiger partial charge on any atom is 0.222 e. The van der Waals surface area contributed by atoms with Crippen LogP contribution in [0, 0.1) is 0 Å². The van der Waals surface area contributed by atoms with Crippen molar-refractivity contribution in [3.8, 4) is 0 Å². The van der Waals surface area contributed by atoms with Crippen molar-refractivity contribution in [1.29, 1.82) is 0 Å². The minimum atomic E-state index is 0. The van der Waals surface area contributed by atoms with E-state index < -0.39 is 0 Å². The van der Waals surface area contributed by atoms with Crippen LogP contribution in [0.3, 0.4) is 0 Å². The molecule has 1 fully saturated rings. The number of benzene rings is 2. The summed E-state index contributed by atoms with van der Waals surface area (Å²) in [6.07, 6.45) is 3.05. The first-order chi connectivity index (χ1) is 12.7. The number of likely N-dealkylation sites (tertiary alicyclic amines) is 1. The molecule has 0 spiro atoms. The number of carbonyl (C=O) groups is 1. The first-order valence-electron chi connectivity index (χ1n) is 9.13. The van der Waals surface area contributed by atoms with E-state index in [1.54, 1.807) is 0 Å². The van der Waals surface area contributed by atoms with Crippen LogP contribution >= 0.6 is 24.8 Å². The molecule has 0 saturated carbocycles. The third-order valence-corrected chi connectivity index (χ3v) is 5.29. The number of amides is 1. The van der Waals surface area contributed by atoms with Crippen LogP contribution in [-0.2, 0) is 11.2 Å². The van der Waals surface area contributed by atoms with Gasteiger partial charge in [-0.25, -0.2) is 0 Å². The Morgan fingerprint density at radius 3 is 2.50 bits per heavy atom. The normalized spacial score (nSPS) is 18.4. The second kappa shape index (κ2) is 9.87. The quantitative estimate of drug-likeness (QED) is 0.698. The third kappa shape index (κ3) is 4.64. The first kappa shape index (κ1) is 22.2. The fraction of sp³-hybridized carbons (Fsp3) is 0.273. The lowest BCUT2D eigenvalue weighted by Gasteiger charge is -2.17. The van der Waals surface area contributed by atoms with Gasteiger partial charge in [0.2, 0.25) is 5.91 Å². The van der Waals surface area contributed by atoms with E-state index in [9.17, 15) is 4.79 Å². The molecule has 2 aromatic carbocycles. The van der Waals surface area contributed by atoms with E-state index in [2.05, 4.69) is 23.2 Å². The molecular weight excluding hydrogens is 393 g/mol. The Kier molecular flexibility index (Phi) is 7.81. The van der Waals surface area contributed by atoms with Gasteiger partial charge in [0.15, 0.2) is 0 Å². The number of fused-ring (bicyclic) bond motifs is 1. The predicted octanol–water partition coefficient (Wildman–Crippen LogP) is 3.96. The summed E-state index contributed by atoms with van der Waals surface area (Å²) in [5.74, 6) is 0.404. The van der Waals surface area contributed by atoms with Gasteiger partial charge in [-0.15, -0.1) is 24.8 Å². The van der Waals surface area contributed by atoms with Crippen LogP contribution in [0.5, 0.6) is 0 Å². The number of nitrogens with two attached hydrogens (primary N) is 1. The Bertz CT molecular complexity index is 915. The van der Waals surface area contributed by atoms with Crippen LogP contribution < -0.4 is 5.73 Å². The molecular formula is C22H25Cl2N3O. The highest BCUT2D eigenvalue weighted by molar-refractivity contribution is 5.85. The van der Waals surface area contributed by atoms with Crippen LogP contribution in [0.4, 0.5) is 0 Å². The molecule has 6 heteroatoms. The van der Waals surface area contributed by atoms with Gasteiger partial charge in [-0.3, -0.25) is 9.78 Å². The number of hydrogen-bond acceptors (Lipinski definition) is 3. The van der Waals surface area contributed by atoms with E-state index >= 15 is 0 Å². The van der Waals surface area contributed by atoms with Crippen molar-refractivity contribution < 1.29 is 4.79 Å². The van der Waals surface area contributed by atoms with Gasteiger partial charge in [0.1, 0.15) is 0 Å². The van der Waals surface area contributed by atoms with E-state index in [0.29, 0.717) is 19.5 Å². The molecule has 0 bridgehead atoms. The van der Waals surface area contributed by atoms with Crippen molar-refractivity contribution >= 4 is 41.6 Å². The van der Waals surface area contributed by atoms with E-state index in [4.69, 9.17) is 5.73 Å². The molecule has 0 unspecified atom stereocenters. The molecule has 3 aromatic rings. The van der Waals surface area contributed by atoms with Crippen LogP contribution in [-0.4, -0.2) is 34.9 Å². The second-order valence-corrected chi connectivity index (χ2v) is 6.97.